The van der Waals surface area contributed by atoms with E-state index in [2.05, 4.69) is 0 Å². The summed E-state index contributed by atoms with van der Waals surface area (Å²) in [6, 6.07) is 6.23. The number of benzene rings is 2. The normalized spacial score (nSPS) is 22.0. The zero-order valence-electron chi connectivity index (χ0n) is 22.8. The molecule has 0 amide bonds. The van der Waals surface area contributed by atoms with Gasteiger partial charge in [0.1, 0.15) is 42.2 Å². The third-order valence-electron chi connectivity index (χ3n) is 6.78. The van der Waals surface area contributed by atoms with Gasteiger partial charge >= 0.3 is 17.4 Å². The van der Waals surface area contributed by atoms with Gasteiger partial charge in [-0.2, -0.15) is 0 Å². The number of phenols is 1. The third-order valence-corrected chi connectivity index (χ3v) is 6.78. The van der Waals surface area contributed by atoms with Crippen LogP contribution in [-0.2, 0) is 14.3 Å². The average Bonchev–Trinajstić information content (AvgIpc) is 2.97. The van der Waals surface area contributed by atoms with E-state index in [1.165, 1.54) is 32.4 Å². The van der Waals surface area contributed by atoms with Gasteiger partial charge in [0.25, 0.3) is 0 Å². The van der Waals surface area contributed by atoms with E-state index < -0.39 is 55.0 Å². The highest BCUT2D eigenvalue weighted by molar-refractivity contribution is 6.11. The molecule has 0 aliphatic carbocycles. The van der Waals surface area contributed by atoms with Gasteiger partial charge in [-0.1, -0.05) is 0 Å². The van der Waals surface area contributed by atoms with E-state index in [0.717, 1.165) is 19.1 Å². The van der Waals surface area contributed by atoms with E-state index in [9.17, 15) is 39.9 Å². The third kappa shape index (κ3) is 5.41. The summed E-state index contributed by atoms with van der Waals surface area (Å²) in [6.07, 6.45) is -8.40. The number of carbonyl (C=O) groups is 2. The van der Waals surface area contributed by atoms with Crippen LogP contribution in [0, 0.1) is 0 Å². The number of rotatable bonds is 8. The van der Waals surface area contributed by atoms with Gasteiger partial charge in [0, 0.05) is 23.9 Å². The van der Waals surface area contributed by atoms with Crippen molar-refractivity contribution < 1.29 is 72.4 Å². The second-order valence-electron chi connectivity index (χ2n) is 9.57. The molecule has 1 aliphatic rings. The Morgan fingerprint density at radius 2 is 1.56 bits per heavy atom. The second-order valence-corrected chi connectivity index (χ2v) is 9.57. The minimum absolute atomic E-state index is 0.0207. The lowest BCUT2D eigenvalue weighted by Gasteiger charge is -2.40. The molecule has 15 heteroatoms. The highest BCUT2D eigenvalue weighted by Gasteiger charge is 2.46. The molecule has 1 saturated heterocycles. The molecule has 0 spiro atoms. The maximum Gasteiger partial charge on any atom is 0.371 e. The van der Waals surface area contributed by atoms with Crippen molar-refractivity contribution in [3.05, 3.63) is 41.5 Å². The number of hydrogen-bond acceptors (Lipinski definition) is 13. The lowest BCUT2D eigenvalue weighted by molar-refractivity contribution is -0.278. The molecule has 4 aromatic rings. The van der Waals surface area contributed by atoms with Crippen LogP contribution in [0.1, 0.15) is 17.5 Å². The molecule has 1 fully saturated rings. The smallest absolute Gasteiger partial charge is 0.371 e. The van der Waals surface area contributed by atoms with Crippen LogP contribution in [0.4, 0.5) is 0 Å². The van der Waals surface area contributed by atoms with Crippen molar-refractivity contribution in [3.8, 4) is 34.3 Å². The zero-order chi connectivity index (χ0) is 31.2. The van der Waals surface area contributed by atoms with E-state index in [0.29, 0.717) is 0 Å². The number of ether oxygens (including phenoxy) is 5. The lowest BCUT2D eigenvalue weighted by Crippen LogP contribution is -2.60. The number of aromatic carboxylic acids is 1. The van der Waals surface area contributed by atoms with Gasteiger partial charge in [-0.05, 0) is 12.1 Å². The largest absolute Gasteiger partial charge is 0.502 e. The predicted molar refractivity (Wildman–Crippen MR) is 142 cm³/mol. The first-order valence-electron chi connectivity index (χ1n) is 12.7. The fraction of sp³-hybridized carbons (Fsp3) is 0.321. The Labute approximate surface area is 240 Å². The first kappa shape index (κ1) is 29.7. The molecule has 228 valence electrons. The molecule has 6 N–H and O–H groups in total. The van der Waals surface area contributed by atoms with Crippen molar-refractivity contribution in [3.63, 3.8) is 0 Å². The number of aromatic hydroxyl groups is 1. The molecule has 0 radical (unpaired) electrons. The van der Waals surface area contributed by atoms with Crippen LogP contribution < -0.4 is 19.6 Å². The molecule has 43 heavy (non-hydrogen) atoms. The minimum Gasteiger partial charge on any atom is -0.502 e. The summed E-state index contributed by atoms with van der Waals surface area (Å²) in [5.41, 5.74) is -0.240. The quantitative estimate of drug-likeness (QED) is 0.140. The minimum atomic E-state index is -1.86. The van der Waals surface area contributed by atoms with Gasteiger partial charge < -0.3 is 58.1 Å². The number of carbonyl (C=O) groups excluding carboxylic acids is 1. The molecule has 0 saturated carbocycles. The van der Waals surface area contributed by atoms with Crippen molar-refractivity contribution in [2.24, 2.45) is 0 Å². The summed E-state index contributed by atoms with van der Waals surface area (Å²) in [6.45, 7) is 0.640. The van der Waals surface area contributed by atoms with E-state index in [1.807, 2.05) is 0 Å². The van der Waals surface area contributed by atoms with E-state index in [4.69, 9.17) is 32.5 Å². The number of hydrogen-bond donors (Lipinski definition) is 5. The lowest BCUT2D eigenvalue weighted by atomic mass is 9.99. The van der Waals surface area contributed by atoms with Crippen LogP contribution in [0.5, 0.6) is 23.0 Å². The monoisotopic (exact) mass is 603 g/mol. The number of aliphatic hydroxyl groups excluding tert-OH is 3. The fourth-order valence-corrected chi connectivity index (χ4v) is 4.72. The van der Waals surface area contributed by atoms with Gasteiger partial charge in [-0.25, -0.2) is 4.79 Å². The highest BCUT2D eigenvalue weighted by atomic mass is 16.7. The van der Waals surface area contributed by atoms with Gasteiger partial charge in [0.15, 0.2) is 23.0 Å². The second kappa shape index (κ2) is 11.4. The molecule has 0 bridgehead atoms. The first-order chi connectivity index (χ1) is 20.4. The molecular weight excluding hydrogens is 576 g/mol. The van der Waals surface area contributed by atoms with Crippen LogP contribution >= 0.6 is 0 Å². The topological polar surface area (TPSA) is 229 Å². The van der Waals surface area contributed by atoms with Crippen molar-refractivity contribution in [1.29, 1.82) is 0 Å². The SMILES string of the molecule is COc1cc(-c2oc3cc(=[OH+])cc4oc(C(=O)O)cc(c2O[C@@H]2O[C@H](COC(C)=O)[C@@H](O)[C@H](O)[C@H]2O)c43)cc(OC)c1O. The van der Waals surface area contributed by atoms with Crippen LogP contribution in [-0.4, -0.2) is 93.8 Å². The number of carboxylic acids is 1. The van der Waals surface area contributed by atoms with Gasteiger partial charge in [0.05, 0.1) is 31.7 Å². The summed E-state index contributed by atoms with van der Waals surface area (Å²) in [5.74, 6) is -3.52. The summed E-state index contributed by atoms with van der Waals surface area (Å²) >= 11 is 0. The van der Waals surface area contributed by atoms with Crippen molar-refractivity contribution in [2.45, 2.75) is 37.6 Å². The maximum atomic E-state index is 12.0. The van der Waals surface area contributed by atoms with Crippen LogP contribution in [0.2, 0.25) is 0 Å². The molecule has 5 rings (SSSR count). The Balaban J connectivity index is 1.78. The molecule has 3 heterocycles. The zero-order valence-corrected chi connectivity index (χ0v) is 22.8. The van der Waals surface area contributed by atoms with Gasteiger partial charge in [0.2, 0.25) is 17.8 Å². The molecular formula is C28H27O15+. The molecule has 2 aromatic heterocycles. The van der Waals surface area contributed by atoms with E-state index in [-0.39, 0.29) is 61.7 Å². The predicted octanol–water partition coefficient (Wildman–Crippen LogP) is 1.02. The molecule has 1 aliphatic heterocycles. The standard InChI is InChI=1S/C28H26O15/c1-10(29)39-9-19-22(32)23(33)24(34)28(42-19)43-26-13-8-18(27(35)36)40-14-6-12(30)7-15(20(13)14)41-25(26)11-4-16(37-2)21(31)17(5-11)38-3/h4-8,19,22-24,28,31-34H,9H2,1-3H3,(H,35,36)/p+1/t19-,22-,23+,24-,28+/m1/s1. The van der Waals surface area contributed by atoms with Gasteiger partial charge in [-0.3, -0.25) is 9.59 Å². The van der Waals surface area contributed by atoms with Gasteiger partial charge in [-0.15, -0.1) is 0 Å². The van der Waals surface area contributed by atoms with Crippen LogP contribution in [0.15, 0.2) is 39.2 Å². The summed E-state index contributed by atoms with van der Waals surface area (Å²) in [4.78, 5) is 33.7. The Kier molecular flexibility index (Phi) is 7.90. The van der Waals surface area contributed by atoms with E-state index >= 15 is 0 Å². The Hall–Kier alpha value is -4.83. The Morgan fingerprint density at radius 3 is 2.14 bits per heavy atom. The average molecular weight is 604 g/mol. The Bertz CT molecular complexity index is 1740. The number of aliphatic hydroxyl groups is 3. The Morgan fingerprint density at radius 1 is 0.930 bits per heavy atom. The van der Waals surface area contributed by atoms with Crippen molar-refractivity contribution in [1.82, 2.24) is 0 Å². The summed E-state index contributed by atoms with van der Waals surface area (Å²) in [7, 11) is 2.59. The first-order valence-corrected chi connectivity index (χ1v) is 12.7. The van der Waals surface area contributed by atoms with E-state index in [1.54, 1.807) is 0 Å². The molecule has 2 aromatic carbocycles. The molecule has 5 atom stereocenters. The number of carboxylic acid groups (broad SMARTS) is 1. The fourth-order valence-electron chi connectivity index (χ4n) is 4.72. The molecule has 0 unspecified atom stereocenters. The number of esters is 1. The number of phenolic OH excluding ortho intramolecular Hbond substituents is 1. The summed E-state index contributed by atoms with van der Waals surface area (Å²) in [5, 5.41) is 52.2. The summed E-state index contributed by atoms with van der Waals surface area (Å²) < 4.78 is 38.8. The highest BCUT2D eigenvalue weighted by Crippen LogP contribution is 2.47. The molecule has 15 nitrogen and oxygen atoms in total. The van der Waals surface area contributed by atoms with Crippen molar-refractivity contribution in [2.75, 3.05) is 20.8 Å². The van der Waals surface area contributed by atoms with Crippen molar-refractivity contribution >= 4 is 33.9 Å². The van der Waals surface area contributed by atoms with Crippen LogP contribution in [0.3, 0.4) is 0 Å². The van der Waals surface area contributed by atoms with Crippen LogP contribution in [0.25, 0.3) is 33.3 Å². The maximum absolute atomic E-state index is 12.0. The number of methoxy groups -OCH3 is 2.